The molecule has 0 aromatic rings. The summed E-state index contributed by atoms with van der Waals surface area (Å²) in [5, 5.41) is 0. The maximum Gasteiger partial charge on any atom is 0.331 e. The van der Waals surface area contributed by atoms with Crippen molar-refractivity contribution in [3.63, 3.8) is 0 Å². The summed E-state index contributed by atoms with van der Waals surface area (Å²) in [5.41, 5.74) is 0.750. The fraction of sp³-hybridized carbons (Fsp3) is 0.700. The van der Waals surface area contributed by atoms with Crippen molar-refractivity contribution >= 4 is 11.9 Å². The lowest BCUT2D eigenvalue weighted by Gasteiger charge is -2.03. The molecule has 0 aliphatic rings. The van der Waals surface area contributed by atoms with Crippen molar-refractivity contribution in [1.82, 2.24) is 0 Å². The lowest BCUT2D eigenvalue weighted by Crippen LogP contribution is -2.06. The second-order valence-corrected chi connectivity index (χ2v) is 6.25. The molecular weight excluding hydrogens is 304 g/mol. The van der Waals surface area contributed by atoms with Gasteiger partial charge in [-0.3, -0.25) is 0 Å². The molecule has 0 bridgehead atoms. The van der Waals surface area contributed by atoms with Gasteiger partial charge in [-0.25, -0.2) is 9.59 Å². The van der Waals surface area contributed by atoms with Crippen molar-refractivity contribution in [3.8, 4) is 0 Å². The van der Waals surface area contributed by atoms with Crippen LogP contribution < -0.4 is 0 Å². The van der Waals surface area contributed by atoms with Gasteiger partial charge in [0.2, 0.25) is 0 Å². The Morgan fingerprint density at radius 1 is 0.792 bits per heavy atom. The third-order valence-electron chi connectivity index (χ3n) is 3.56. The number of carbonyl (C=O) groups excluding carboxylic acids is 2. The summed E-state index contributed by atoms with van der Waals surface area (Å²) < 4.78 is 9.87. The van der Waals surface area contributed by atoms with Gasteiger partial charge in [0.05, 0.1) is 6.61 Å². The van der Waals surface area contributed by atoms with Crippen LogP contribution in [0.15, 0.2) is 24.3 Å². The van der Waals surface area contributed by atoms with E-state index in [9.17, 15) is 9.59 Å². The molecule has 0 N–H and O–H groups in total. The summed E-state index contributed by atoms with van der Waals surface area (Å²) in [5.74, 6) is -1.06. The molecule has 0 spiro atoms. The number of rotatable bonds is 15. The molecule has 0 saturated carbocycles. The minimum Gasteiger partial charge on any atom is -0.463 e. The van der Waals surface area contributed by atoms with Crippen LogP contribution in [0.5, 0.6) is 0 Å². The van der Waals surface area contributed by atoms with Crippen LogP contribution in [0.4, 0.5) is 0 Å². The Labute approximate surface area is 147 Å². The van der Waals surface area contributed by atoms with E-state index < -0.39 is 11.9 Å². The third-order valence-corrected chi connectivity index (χ3v) is 3.56. The summed E-state index contributed by atoms with van der Waals surface area (Å²) in [7, 11) is 0. The van der Waals surface area contributed by atoms with Crippen LogP contribution >= 0.6 is 0 Å². The maximum absolute atomic E-state index is 11.4. The van der Waals surface area contributed by atoms with Crippen molar-refractivity contribution in [3.05, 3.63) is 24.3 Å². The molecule has 4 nitrogen and oxygen atoms in total. The van der Waals surface area contributed by atoms with Gasteiger partial charge in [-0.15, -0.1) is 0 Å². The Balaban J connectivity index is 3.42. The number of hydrogen-bond acceptors (Lipinski definition) is 4. The van der Waals surface area contributed by atoms with E-state index in [2.05, 4.69) is 13.5 Å². The molecule has 0 radical (unpaired) electrons. The summed E-state index contributed by atoms with van der Waals surface area (Å²) >= 11 is 0. The van der Waals surface area contributed by atoms with Crippen molar-refractivity contribution in [2.75, 3.05) is 13.2 Å². The molecule has 138 valence electrons. The molecule has 0 aliphatic heterocycles. The van der Waals surface area contributed by atoms with E-state index in [-0.39, 0.29) is 6.61 Å². The summed E-state index contributed by atoms with van der Waals surface area (Å²) in [4.78, 5) is 22.7. The largest absolute Gasteiger partial charge is 0.463 e. The van der Waals surface area contributed by atoms with E-state index in [0.29, 0.717) is 6.61 Å². The second kappa shape index (κ2) is 16.3. The van der Waals surface area contributed by atoms with Gasteiger partial charge in [0, 0.05) is 12.2 Å². The zero-order valence-electron chi connectivity index (χ0n) is 15.5. The van der Waals surface area contributed by atoms with Crippen LogP contribution in [-0.2, 0) is 19.1 Å². The Kier molecular flexibility index (Phi) is 15.2. The first-order chi connectivity index (χ1) is 11.6. The molecule has 0 amide bonds. The summed E-state index contributed by atoms with van der Waals surface area (Å²) in [6.07, 6.45) is 14.6. The lowest BCUT2D eigenvalue weighted by molar-refractivity contribution is -0.140. The molecule has 0 fully saturated rings. The number of ether oxygens (including phenoxy) is 2. The van der Waals surface area contributed by atoms with E-state index in [1.807, 2.05) is 0 Å². The second-order valence-electron chi connectivity index (χ2n) is 6.25. The predicted molar refractivity (Wildman–Crippen MR) is 97.7 cm³/mol. The Morgan fingerprint density at radius 2 is 1.25 bits per heavy atom. The van der Waals surface area contributed by atoms with E-state index in [1.54, 1.807) is 6.92 Å². The van der Waals surface area contributed by atoms with E-state index in [4.69, 9.17) is 9.47 Å². The van der Waals surface area contributed by atoms with Gasteiger partial charge >= 0.3 is 11.9 Å². The van der Waals surface area contributed by atoms with E-state index in [0.717, 1.165) is 30.6 Å². The summed E-state index contributed by atoms with van der Waals surface area (Å²) in [6.45, 7) is 8.18. The number of esters is 2. The molecule has 0 aromatic heterocycles. The third kappa shape index (κ3) is 16.8. The van der Waals surface area contributed by atoms with Crippen LogP contribution in [0.1, 0.15) is 78.1 Å². The molecular formula is C20H34O4. The topological polar surface area (TPSA) is 52.6 Å². The Bertz CT molecular complexity index is 385. The lowest BCUT2D eigenvalue weighted by atomic mass is 10.1. The molecule has 0 saturated heterocycles. The van der Waals surface area contributed by atoms with Crippen molar-refractivity contribution < 1.29 is 19.1 Å². The highest BCUT2D eigenvalue weighted by atomic mass is 16.5. The SMILES string of the molecule is C=C(C)COC(=O)/C=C/C(=O)OCCCCCCCCCCCC. The smallest absolute Gasteiger partial charge is 0.331 e. The molecule has 0 aliphatic carbocycles. The average molecular weight is 338 g/mol. The zero-order chi connectivity index (χ0) is 18.0. The number of carbonyl (C=O) groups is 2. The molecule has 4 heteroatoms. The van der Waals surface area contributed by atoms with Gasteiger partial charge < -0.3 is 9.47 Å². The van der Waals surface area contributed by atoms with Crippen LogP contribution in [0.3, 0.4) is 0 Å². The van der Waals surface area contributed by atoms with Crippen LogP contribution in [0.2, 0.25) is 0 Å². The Morgan fingerprint density at radius 3 is 1.75 bits per heavy atom. The number of unbranched alkanes of at least 4 members (excludes halogenated alkanes) is 9. The minimum absolute atomic E-state index is 0.164. The van der Waals surface area contributed by atoms with Gasteiger partial charge in [0.1, 0.15) is 6.61 Å². The van der Waals surface area contributed by atoms with Crippen molar-refractivity contribution in [1.29, 1.82) is 0 Å². The van der Waals surface area contributed by atoms with Crippen LogP contribution in [0, 0.1) is 0 Å². The predicted octanol–water partition coefficient (Wildman–Crippen LogP) is 5.13. The van der Waals surface area contributed by atoms with Crippen molar-refractivity contribution in [2.24, 2.45) is 0 Å². The van der Waals surface area contributed by atoms with Gasteiger partial charge in [-0.1, -0.05) is 71.3 Å². The summed E-state index contributed by atoms with van der Waals surface area (Å²) in [6, 6.07) is 0. The highest BCUT2D eigenvalue weighted by Crippen LogP contribution is 2.10. The maximum atomic E-state index is 11.4. The molecule has 0 atom stereocenters. The van der Waals surface area contributed by atoms with Crippen molar-refractivity contribution in [2.45, 2.75) is 78.1 Å². The average Bonchev–Trinajstić information content (AvgIpc) is 2.56. The Hall–Kier alpha value is -1.58. The molecule has 0 unspecified atom stereocenters. The quantitative estimate of drug-likeness (QED) is 0.180. The first-order valence-corrected chi connectivity index (χ1v) is 9.22. The van der Waals surface area contributed by atoms with Gasteiger partial charge in [0.25, 0.3) is 0 Å². The van der Waals surface area contributed by atoms with Gasteiger partial charge in [-0.2, -0.15) is 0 Å². The molecule has 0 rings (SSSR count). The standard InChI is InChI=1S/C20H34O4/c1-4-5-6-7-8-9-10-11-12-13-16-23-19(21)14-15-20(22)24-17-18(2)3/h14-15H,2,4-13,16-17H2,1,3H3/b15-14+. The minimum atomic E-state index is -0.561. The van der Waals surface area contributed by atoms with Gasteiger partial charge in [0.15, 0.2) is 0 Å². The molecule has 24 heavy (non-hydrogen) atoms. The van der Waals surface area contributed by atoms with E-state index >= 15 is 0 Å². The highest BCUT2D eigenvalue weighted by Gasteiger charge is 2.01. The number of hydrogen-bond donors (Lipinski definition) is 0. The zero-order valence-corrected chi connectivity index (χ0v) is 15.5. The van der Waals surface area contributed by atoms with Crippen LogP contribution in [0.25, 0.3) is 0 Å². The molecule has 0 heterocycles. The first-order valence-electron chi connectivity index (χ1n) is 9.22. The monoisotopic (exact) mass is 338 g/mol. The fourth-order valence-electron chi connectivity index (χ4n) is 2.19. The highest BCUT2D eigenvalue weighted by molar-refractivity contribution is 5.91. The van der Waals surface area contributed by atoms with Gasteiger partial charge in [-0.05, 0) is 18.9 Å². The molecule has 0 aromatic carbocycles. The van der Waals surface area contributed by atoms with E-state index in [1.165, 1.54) is 51.4 Å². The fourth-order valence-corrected chi connectivity index (χ4v) is 2.19. The first kappa shape index (κ1) is 22.4. The van der Waals surface area contributed by atoms with Crippen LogP contribution in [-0.4, -0.2) is 25.2 Å². The normalized spacial score (nSPS) is 10.8.